The van der Waals surface area contributed by atoms with Gasteiger partial charge in [0.25, 0.3) is 0 Å². The van der Waals surface area contributed by atoms with Crippen LogP contribution in [0, 0.1) is 12.9 Å². The summed E-state index contributed by atoms with van der Waals surface area (Å²) in [6.07, 6.45) is 1.19. The monoisotopic (exact) mass is 261 g/mol. The minimum atomic E-state index is -0.552. The Balaban J connectivity index is 1.84. The van der Waals surface area contributed by atoms with Crippen LogP contribution in [0.25, 0.3) is 0 Å². The van der Waals surface area contributed by atoms with Gasteiger partial charge in [0.05, 0.1) is 6.04 Å². The van der Waals surface area contributed by atoms with Crippen LogP contribution in [-0.4, -0.2) is 22.6 Å². The fourth-order valence-electron chi connectivity index (χ4n) is 1.56. The summed E-state index contributed by atoms with van der Waals surface area (Å²) in [6.45, 7) is 4.43. The molecule has 0 fully saturated rings. The fraction of sp³-hybridized carbons (Fsp3) is 0.286. The molecule has 1 aromatic heterocycles. The van der Waals surface area contributed by atoms with Crippen molar-refractivity contribution >= 4 is 5.82 Å². The third-order valence-corrected chi connectivity index (χ3v) is 2.55. The molecule has 100 valence electrons. The molecule has 1 N–H and O–H groups in total. The topological polar surface area (TPSA) is 47.0 Å². The summed E-state index contributed by atoms with van der Waals surface area (Å²) in [4.78, 5) is 7.33. The van der Waals surface area contributed by atoms with Crippen LogP contribution in [0.4, 0.5) is 10.2 Å². The predicted molar refractivity (Wildman–Crippen MR) is 71.7 cm³/mol. The van der Waals surface area contributed by atoms with E-state index in [1.807, 2.05) is 38.1 Å². The zero-order chi connectivity index (χ0) is 13.7. The lowest BCUT2D eigenvalue weighted by Gasteiger charge is -2.15. The van der Waals surface area contributed by atoms with Crippen LogP contribution in [0.2, 0.25) is 0 Å². The number of ether oxygens (including phenoxy) is 1. The maximum absolute atomic E-state index is 12.9. The van der Waals surface area contributed by atoms with Gasteiger partial charge in [-0.05, 0) is 26.0 Å². The summed E-state index contributed by atoms with van der Waals surface area (Å²) < 4.78 is 18.5. The van der Waals surface area contributed by atoms with E-state index in [4.69, 9.17) is 4.74 Å². The Labute approximate surface area is 111 Å². The molecule has 0 saturated carbocycles. The van der Waals surface area contributed by atoms with Gasteiger partial charge in [-0.3, -0.25) is 0 Å². The number of halogens is 1. The number of anilines is 1. The van der Waals surface area contributed by atoms with Crippen molar-refractivity contribution < 1.29 is 9.13 Å². The Bertz CT molecular complexity index is 530. The highest BCUT2D eigenvalue weighted by atomic mass is 19.1. The first-order valence-corrected chi connectivity index (χ1v) is 6.07. The second kappa shape index (κ2) is 6.13. The molecule has 2 aromatic rings. The third kappa shape index (κ3) is 4.21. The molecule has 0 saturated heterocycles. The molecular formula is C14H16FN3O. The Morgan fingerprint density at radius 2 is 2.00 bits per heavy atom. The van der Waals surface area contributed by atoms with Crippen LogP contribution in [0.3, 0.4) is 0 Å². The molecule has 1 heterocycles. The number of nitrogens with one attached hydrogen (secondary N) is 1. The van der Waals surface area contributed by atoms with Crippen LogP contribution in [0.15, 0.2) is 36.7 Å². The molecule has 0 aliphatic heterocycles. The smallest absolute Gasteiger partial charge is 0.217 e. The van der Waals surface area contributed by atoms with Crippen molar-refractivity contribution in [1.82, 2.24) is 9.97 Å². The Kier molecular flexibility index (Phi) is 4.28. The van der Waals surface area contributed by atoms with E-state index in [0.717, 1.165) is 5.75 Å². The first kappa shape index (κ1) is 13.3. The van der Waals surface area contributed by atoms with Crippen LogP contribution >= 0.6 is 0 Å². The van der Waals surface area contributed by atoms with E-state index >= 15 is 0 Å². The SMILES string of the molecule is Cc1ccc(OCC(C)Nc2cc(F)ncn2)cc1. The average molecular weight is 261 g/mol. The second-order valence-electron chi connectivity index (χ2n) is 4.40. The van der Waals surface area contributed by atoms with Crippen molar-refractivity contribution in [1.29, 1.82) is 0 Å². The molecule has 0 aliphatic carbocycles. The summed E-state index contributed by atoms with van der Waals surface area (Å²) in [5.74, 6) is 0.713. The van der Waals surface area contributed by atoms with Gasteiger partial charge >= 0.3 is 0 Å². The van der Waals surface area contributed by atoms with Gasteiger partial charge < -0.3 is 10.1 Å². The van der Waals surface area contributed by atoms with Crippen molar-refractivity contribution in [2.75, 3.05) is 11.9 Å². The van der Waals surface area contributed by atoms with Crippen molar-refractivity contribution in [3.63, 3.8) is 0 Å². The number of aryl methyl sites for hydroxylation is 1. The number of benzene rings is 1. The van der Waals surface area contributed by atoms with E-state index < -0.39 is 5.95 Å². The van der Waals surface area contributed by atoms with E-state index in [2.05, 4.69) is 15.3 Å². The van der Waals surface area contributed by atoms with Gasteiger partial charge in [0.15, 0.2) is 0 Å². The summed E-state index contributed by atoms with van der Waals surface area (Å²) in [6, 6.07) is 9.09. The molecule has 5 heteroatoms. The van der Waals surface area contributed by atoms with Crippen LogP contribution in [0.5, 0.6) is 5.75 Å². The Morgan fingerprint density at radius 3 is 2.68 bits per heavy atom. The van der Waals surface area contributed by atoms with E-state index in [1.54, 1.807) is 0 Å². The zero-order valence-electron chi connectivity index (χ0n) is 10.9. The molecule has 0 bridgehead atoms. The number of aromatic nitrogens is 2. The lowest BCUT2D eigenvalue weighted by Crippen LogP contribution is -2.24. The predicted octanol–water partition coefficient (Wildman–Crippen LogP) is 2.80. The molecule has 19 heavy (non-hydrogen) atoms. The highest BCUT2D eigenvalue weighted by Crippen LogP contribution is 2.12. The van der Waals surface area contributed by atoms with E-state index in [9.17, 15) is 4.39 Å². The molecule has 0 aliphatic rings. The van der Waals surface area contributed by atoms with E-state index in [1.165, 1.54) is 18.0 Å². The summed E-state index contributed by atoms with van der Waals surface area (Å²) in [5.41, 5.74) is 1.19. The van der Waals surface area contributed by atoms with Gasteiger partial charge in [-0.15, -0.1) is 0 Å². The summed E-state index contributed by atoms with van der Waals surface area (Å²) >= 11 is 0. The van der Waals surface area contributed by atoms with E-state index in [0.29, 0.717) is 12.4 Å². The van der Waals surface area contributed by atoms with Gasteiger partial charge in [-0.2, -0.15) is 4.39 Å². The number of hydrogen-bond donors (Lipinski definition) is 1. The molecule has 1 aromatic carbocycles. The number of nitrogens with zero attached hydrogens (tertiary/aromatic N) is 2. The van der Waals surface area contributed by atoms with Gasteiger partial charge in [0, 0.05) is 6.07 Å². The standard InChI is InChI=1S/C14H16FN3O/c1-10-3-5-12(6-4-10)19-8-11(2)18-14-7-13(15)16-9-17-14/h3-7,9,11H,8H2,1-2H3,(H,16,17,18). The summed E-state index contributed by atoms with van der Waals surface area (Å²) in [7, 11) is 0. The molecule has 1 atom stereocenters. The minimum absolute atomic E-state index is 0.00982. The molecular weight excluding hydrogens is 245 g/mol. The van der Waals surface area contributed by atoms with Crippen molar-refractivity contribution in [2.24, 2.45) is 0 Å². The minimum Gasteiger partial charge on any atom is -0.491 e. The largest absolute Gasteiger partial charge is 0.491 e. The van der Waals surface area contributed by atoms with Crippen LogP contribution < -0.4 is 10.1 Å². The average Bonchev–Trinajstić information content (AvgIpc) is 2.38. The molecule has 0 amide bonds. The third-order valence-electron chi connectivity index (χ3n) is 2.55. The molecule has 0 spiro atoms. The lowest BCUT2D eigenvalue weighted by molar-refractivity contribution is 0.303. The molecule has 2 rings (SSSR count). The van der Waals surface area contributed by atoms with E-state index in [-0.39, 0.29) is 6.04 Å². The quantitative estimate of drug-likeness (QED) is 0.841. The van der Waals surface area contributed by atoms with Crippen molar-refractivity contribution in [2.45, 2.75) is 19.9 Å². The van der Waals surface area contributed by atoms with Crippen LogP contribution in [0.1, 0.15) is 12.5 Å². The molecule has 4 nitrogen and oxygen atoms in total. The Morgan fingerprint density at radius 1 is 1.26 bits per heavy atom. The Hall–Kier alpha value is -2.17. The van der Waals surface area contributed by atoms with Gasteiger partial charge in [0.2, 0.25) is 5.95 Å². The summed E-state index contributed by atoms with van der Waals surface area (Å²) in [5, 5.41) is 3.05. The van der Waals surface area contributed by atoms with Gasteiger partial charge in [-0.1, -0.05) is 17.7 Å². The first-order chi connectivity index (χ1) is 9.13. The molecule has 1 unspecified atom stereocenters. The highest BCUT2D eigenvalue weighted by molar-refractivity contribution is 5.33. The van der Waals surface area contributed by atoms with Crippen molar-refractivity contribution in [3.05, 3.63) is 48.2 Å². The number of rotatable bonds is 5. The van der Waals surface area contributed by atoms with Gasteiger partial charge in [0.1, 0.15) is 24.5 Å². The van der Waals surface area contributed by atoms with Crippen LogP contribution in [-0.2, 0) is 0 Å². The van der Waals surface area contributed by atoms with Crippen molar-refractivity contribution in [3.8, 4) is 5.75 Å². The maximum Gasteiger partial charge on any atom is 0.217 e. The second-order valence-corrected chi connectivity index (χ2v) is 4.40. The highest BCUT2D eigenvalue weighted by Gasteiger charge is 2.05. The normalized spacial score (nSPS) is 11.9. The lowest BCUT2D eigenvalue weighted by atomic mass is 10.2. The molecule has 0 radical (unpaired) electrons. The fourth-order valence-corrected chi connectivity index (χ4v) is 1.56. The maximum atomic E-state index is 12.9. The number of hydrogen-bond acceptors (Lipinski definition) is 4. The van der Waals surface area contributed by atoms with Gasteiger partial charge in [-0.25, -0.2) is 9.97 Å². The first-order valence-electron chi connectivity index (χ1n) is 6.07. The zero-order valence-corrected chi connectivity index (χ0v) is 10.9.